The number of piperidine rings is 1. The minimum atomic E-state index is 0.594. The van der Waals surface area contributed by atoms with E-state index in [1.54, 1.807) is 0 Å². The topological polar surface area (TPSA) is 3.24 Å². The maximum atomic E-state index is 4.60. The van der Waals surface area contributed by atoms with Crippen molar-refractivity contribution in [3.63, 3.8) is 0 Å². The zero-order valence-corrected chi connectivity index (χ0v) is 10.2. The van der Waals surface area contributed by atoms with Crippen LogP contribution >= 0.6 is 12.6 Å². The minimum Gasteiger partial charge on any atom is -0.299 e. The summed E-state index contributed by atoms with van der Waals surface area (Å²) in [6, 6.07) is 10.7. The van der Waals surface area contributed by atoms with Gasteiger partial charge in [0.1, 0.15) is 0 Å². The molecule has 15 heavy (non-hydrogen) atoms. The molecule has 0 saturated carbocycles. The molecule has 2 rings (SSSR count). The Morgan fingerprint density at radius 2 is 2.07 bits per heavy atom. The maximum absolute atomic E-state index is 4.60. The molecule has 0 spiro atoms. The second-order valence-electron chi connectivity index (χ2n) is 4.55. The summed E-state index contributed by atoms with van der Waals surface area (Å²) >= 11 is 4.60. The van der Waals surface area contributed by atoms with Crippen LogP contribution in [0.25, 0.3) is 0 Å². The van der Waals surface area contributed by atoms with Crippen LogP contribution in [0.4, 0.5) is 0 Å². The first-order valence-corrected chi connectivity index (χ1v) is 6.21. The number of nitrogens with zero attached hydrogens (tertiary/aromatic N) is 1. The first kappa shape index (κ1) is 11.0. The van der Waals surface area contributed by atoms with Gasteiger partial charge in [-0.1, -0.05) is 37.3 Å². The first-order valence-electron chi connectivity index (χ1n) is 5.70. The molecule has 1 aliphatic rings. The molecule has 1 fully saturated rings. The van der Waals surface area contributed by atoms with Crippen molar-refractivity contribution >= 4 is 12.6 Å². The van der Waals surface area contributed by atoms with Gasteiger partial charge in [0.25, 0.3) is 0 Å². The smallest absolute Gasteiger partial charge is 0.0233 e. The van der Waals surface area contributed by atoms with Crippen LogP contribution in [-0.4, -0.2) is 23.2 Å². The fraction of sp³-hybridized carbons (Fsp3) is 0.538. The molecule has 1 aromatic rings. The first-order chi connectivity index (χ1) is 7.25. The second-order valence-corrected chi connectivity index (χ2v) is 5.22. The molecule has 0 amide bonds. The lowest BCUT2D eigenvalue weighted by molar-refractivity contribution is 0.182. The molecular weight excluding hydrogens is 202 g/mol. The Morgan fingerprint density at radius 1 is 1.33 bits per heavy atom. The molecule has 1 aromatic carbocycles. The zero-order valence-electron chi connectivity index (χ0n) is 9.26. The fourth-order valence-corrected chi connectivity index (χ4v) is 2.41. The Balaban J connectivity index is 1.91. The van der Waals surface area contributed by atoms with Gasteiger partial charge in [-0.15, -0.1) is 0 Å². The third-order valence-electron chi connectivity index (χ3n) is 3.19. The van der Waals surface area contributed by atoms with E-state index >= 15 is 0 Å². The predicted molar refractivity (Wildman–Crippen MR) is 68.3 cm³/mol. The average Bonchev–Trinajstić information content (AvgIpc) is 2.25. The summed E-state index contributed by atoms with van der Waals surface area (Å²) in [6.45, 7) is 5.76. The molecule has 0 radical (unpaired) electrons. The molecule has 0 aromatic heterocycles. The summed E-state index contributed by atoms with van der Waals surface area (Å²) < 4.78 is 0. The third-order valence-corrected chi connectivity index (χ3v) is 3.96. The number of rotatable bonds is 2. The number of hydrogen-bond donors (Lipinski definition) is 1. The molecule has 2 atom stereocenters. The van der Waals surface area contributed by atoms with E-state index in [0.29, 0.717) is 11.2 Å². The van der Waals surface area contributed by atoms with Crippen LogP contribution in [0.3, 0.4) is 0 Å². The molecule has 0 unspecified atom stereocenters. The average molecular weight is 221 g/mol. The number of thiol groups is 1. The van der Waals surface area contributed by atoms with E-state index in [9.17, 15) is 0 Å². The second kappa shape index (κ2) is 5.04. The van der Waals surface area contributed by atoms with Crippen LogP contribution in [0.5, 0.6) is 0 Å². The highest BCUT2D eigenvalue weighted by atomic mass is 32.1. The Hall–Kier alpha value is -0.470. The Morgan fingerprint density at radius 3 is 2.73 bits per heavy atom. The maximum Gasteiger partial charge on any atom is 0.0233 e. The van der Waals surface area contributed by atoms with Crippen molar-refractivity contribution in [3.8, 4) is 0 Å². The van der Waals surface area contributed by atoms with Crippen molar-refractivity contribution in [3.05, 3.63) is 35.9 Å². The summed E-state index contributed by atoms with van der Waals surface area (Å²) in [6.07, 6.45) is 1.22. The highest BCUT2D eigenvalue weighted by Gasteiger charge is 2.22. The normalized spacial score (nSPS) is 27.9. The fourth-order valence-electron chi connectivity index (χ4n) is 2.20. The Kier molecular flexibility index (Phi) is 3.71. The Labute approximate surface area is 97.9 Å². The van der Waals surface area contributed by atoms with Crippen LogP contribution in [0, 0.1) is 5.92 Å². The van der Waals surface area contributed by atoms with Crippen molar-refractivity contribution in [1.82, 2.24) is 4.90 Å². The summed E-state index contributed by atoms with van der Waals surface area (Å²) in [5, 5.41) is 0.594. The van der Waals surface area contributed by atoms with E-state index in [2.05, 4.69) is 54.8 Å². The summed E-state index contributed by atoms with van der Waals surface area (Å²) in [7, 11) is 0. The molecule has 0 bridgehead atoms. The van der Waals surface area contributed by atoms with Crippen molar-refractivity contribution in [2.24, 2.45) is 5.92 Å². The van der Waals surface area contributed by atoms with Crippen molar-refractivity contribution in [2.45, 2.75) is 25.1 Å². The third kappa shape index (κ3) is 2.99. The van der Waals surface area contributed by atoms with Crippen LogP contribution in [0.2, 0.25) is 0 Å². The molecule has 1 nitrogen and oxygen atoms in total. The lowest BCUT2D eigenvalue weighted by Gasteiger charge is -2.34. The van der Waals surface area contributed by atoms with Crippen LogP contribution in [-0.2, 0) is 6.54 Å². The van der Waals surface area contributed by atoms with Crippen molar-refractivity contribution < 1.29 is 0 Å². The van der Waals surface area contributed by atoms with E-state index in [1.165, 1.54) is 25.1 Å². The Bertz CT molecular complexity index is 299. The SMILES string of the molecule is C[C@H]1CN(Cc2ccccc2)CC[C@H]1S. The minimum absolute atomic E-state index is 0.594. The van der Waals surface area contributed by atoms with Gasteiger partial charge in [-0.05, 0) is 24.4 Å². The van der Waals surface area contributed by atoms with E-state index in [0.717, 1.165) is 6.54 Å². The molecular formula is C13H19NS. The predicted octanol–water partition coefficient (Wildman–Crippen LogP) is 2.83. The van der Waals surface area contributed by atoms with Crippen LogP contribution in [0.15, 0.2) is 30.3 Å². The van der Waals surface area contributed by atoms with Gasteiger partial charge >= 0.3 is 0 Å². The van der Waals surface area contributed by atoms with Crippen LogP contribution < -0.4 is 0 Å². The molecule has 1 heterocycles. The molecule has 82 valence electrons. The highest BCUT2D eigenvalue weighted by molar-refractivity contribution is 7.81. The van der Waals surface area contributed by atoms with E-state index in [1.807, 2.05) is 0 Å². The van der Waals surface area contributed by atoms with E-state index in [-0.39, 0.29) is 0 Å². The largest absolute Gasteiger partial charge is 0.299 e. The van der Waals surface area contributed by atoms with Gasteiger partial charge < -0.3 is 0 Å². The lowest BCUT2D eigenvalue weighted by atomic mass is 9.99. The quantitative estimate of drug-likeness (QED) is 0.752. The van der Waals surface area contributed by atoms with Crippen molar-refractivity contribution in [1.29, 1.82) is 0 Å². The molecule has 1 aliphatic heterocycles. The van der Waals surface area contributed by atoms with Gasteiger partial charge in [0.05, 0.1) is 0 Å². The van der Waals surface area contributed by atoms with Gasteiger partial charge in [-0.3, -0.25) is 4.90 Å². The molecule has 1 saturated heterocycles. The monoisotopic (exact) mass is 221 g/mol. The molecule has 0 aliphatic carbocycles. The molecule has 2 heteroatoms. The number of hydrogen-bond acceptors (Lipinski definition) is 2. The van der Waals surface area contributed by atoms with Gasteiger partial charge in [-0.2, -0.15) is 12.6 Å². The van der Waals surface area contributed by atoms with E-state index in [4.69, 9.17) is 0 Å². The molecule has 0 N–H and O–H groups in total. The summed E-state index contributed by atoms with van der Waals surface area (Å²) in [5.74, 6) is 0.714. The zero-order chi connectivity index (χ0) is 10.7. The van der Waals surface area contributed by atoms with Gasteiger partial charge in [0, 0.05) is 18.3 Å². The van der Waals surface area contributed by atoms with Gasteiger partial charge in [0.15, 0.2) is 0 Å². The lowest BCUT2D eigenvalue weighted by Crippen LogP contribution is -2.39. The summed E-state index contributed by atoms with van der Waals surface area (Å²) in [4.78, 5) is 2.53. The number of likely N-dealkylation sites (tertiary alicyclic amines) is 1. The van der Waals surface area contributed by atoms with Gasteiger partial charge in [0.2, 0.25) is 0 Å². The van der Waals surface area contributed by atoms with Gasteiger partial charge in [-0.25, -0.2) is 0 Å². The summed E-state index contributed by atoms with van der Waals surface area (Å²) in [5.41, 5.74) is 1.42. The van der Waals surface area contributed by atoms with E-state index < -0.39 is 0 Å². The van der Waals surface area contributed by atoms with Crippen LogP contribution in [0.1, 0.15) is 18.9 Å². The highest BCUT2D eigenvalue weighted by Crippen LogP contribution is 2.22. The standard InChI is InChI=1S/C13H19NS/c1-11-9-14(8-7-13(11)15)10-12-5-3-2-4-6-12/h2-6,11,13,15H,7-10H2,1H3/t11-,13+/m0/s1. The van der Waals surface area contributed by atoms with Crippen molar-refractivity contribution in [2.75, 3.05) is 13.1 Å². The number of benzene rings is 1.